The van der Waals surface area contributed by atoms with Gasteiger partial charge in [-0.2, -0.15) is 0 Å². The summed E-state index contributed by atoms with van der Waals surface area (Å²) in [6, 6.07) is 0.170. The number of aliphatic carboxylic acids is 1. The lowest BCUT2D eigenvalue weighted by Crippen LogP contribution is -2.36. The largest absolute Gasteiger partial charge is 0.480 e. The summed E-state index contributed by atoms with van der Waals surface area (Å²) >= 11 is 0. The van der Waals surface area contributed by atoms with Crippen LogP contribution in [-0.2, 0) is 11.3 Å². The molecule has 0 saturated carbocycles. The maximum Gasteiger partial charge on any atom is 0.317 e. The topological polar surface area (TPSA) is 79.5 Å². The minimum atomic E-state index is -0.850. The average molecular weight is 227 g/mol. The molecule has 0 aliphatic heterocycles. The van der Waals surface area contributed by atoms with Gasteiger partial charge in [0.1, 0.15) is 0 Å². The van der Waals surface area contributed by atoms with Crippen LogP contribution in [0.2, 0.25) is 0 Å². The van der Waals surface area contributed by atoms with E-state index >= 15 is 0 Å². The number of carboxylic acids is 1. The Labute approximate surface area is 94.3 Å². The van der Waals surface area contributed by atoms with Crippen LogP contribution >= 0.6 is 0 Å². The molecule has 1 N–H and O–H groups in total. The molecule has 1 aromatic heterocycles. The number of rotatable bonds is 6. The summed E-state index contributed by atoms with van der Waals surface area (Å²) in [5.74, 6) is 0.102. The fourth-order valence-electron chi connectivity index (χ4n) is 1.37. The summed E-state index contributed by atoms with van der Waals surface area (Å²) in [6.07, 6.45) is 0.875. The van der Waals surface area contributed by atoms with Gasteiger partial charge in [0.2, 0.25) is 11.8 Å². The summed E-state index contributed by atoms with van der Waals surface area (Å²) in [6.45, 7) is 6.06. The van der Waals surface area contributed by atoms with E-state index in [1.807, 2.05) is 13.8 Å². The Hall–Kier alpha value is -1.43. The zero-order valence-corrected chi connectivity index (χ0v) is 9.80. The lowest BCUT2D eigenvalue weighted by atomic mass is 10.2. The molecular weight excluding hydrogens is 210 g/mol. The second kappa shape index (κ2) is 5.60. The van der Waals surface area contributed by atoms with Gasteiger partial charge in [0.25, 0.3) is 0 Å². The van der Waals surface area contributed by atoms with Crippen molar-refractivity contribution in [2.24, 2.45) is 0 Å². The molecule has 1 aromatic rings. The highest BCUT2D eigenvalue weighted by Gasteiger charge is 2.18. The van der Waals surface area contributed by atoms with E-state index in [-0.39, 0.29) is 12.6 Å². The molecule has 16 heavy (non-hydrogen) atoms. The molecule has 0 aliphatic carbocycles. The number of aryl methyl sites for hydroxylation is 1. The van der Waals surface area contributed by atoms with E-state index in [1.165, 1.54) is 0 Å². The summed E-state index contributed by atoms with van der Waals surface area (Å²) < 4.78 is 5.23. The highest BCUT2D eigenvalue weighted by Crippen LogP contribution is 2.09. The quantitative estimate of drug-likeness (QED) is 0.782. The van der Waals surface area contributed by atoms with Crippen molar-refractivity contribution >= 4 is 5.97 Å². The van der Waals surface area contributed by atoms with E-state index < -0.39 is 5.97 Å². The Balaban J connectivity index is 2.66. The minimum Gasteiger partial charge on any atom is -0.480 e. The lowest BCUT2D eigenvalue weighted by molar-refractivity contribution is -0.139. The van der Waals surface area contributed by atoms with Gasteiger partial charge < -0.3 is 9.52 Å². The van der Waals surface area contributed by atoms with Crippen LogP contribution in [0.3, 0.4) is 0 Å². The molecule has 0 radical (unpaired) electrons. The molecule has 0 amide bonds. The maximum absolute atomic E-state index is 10.7. The van der Waals surface area contributed by atoms with Gasteiger partial charge in [0, 0.05) is 13.0 Å². The van der Waals surface area contributed by atoms with Gasteiger partial charge in [0.05, 0.1) is 13.1 Å². The third-order valence-corrected chi connectivity index (χ3v) is 2.46. The van der Waals surface area contributed by atoms with Gasteiger partial charge in [-0.3, -0.25) is 9.69 Å². The molecule has 0 aliphatic rings. The van der Waals surface area contributed by atoms with Crippen molar-refractivity contribution < 1.29 is 14.3 Å². The summed E-state index contributed by atoms with van der Waals surface area (Å²) in [7, 11) is 0. The second-order valence-electron chi connectivity index (χ2n) is 3.77. The first kappa shape index (κ1) is 12.6. The van der Waals surface area contributed by atoms with Crippen LogP contribution in [0.4, 0.5) is 0 Å². The Morgan fingerprint density at radius 3 is 2.69 bits per heavy atom. The van der Waals surface area contributed by atoms with Crippen LogP contribution < -0.4 is 0 Å². The Bertz CT molecular complexity index is 351. The van der Waals surface area contributed by atoms with Crippen molar-refractivity contribution in [3.05, 3.63) is 11.8 Å². The number of nitrogens with zero attached hydrogens (tertiary/aromatic N) is 3. The first-order valence-electron chi connectivity index (χ1n) is 5.27. The van der Waals surface area contributed by atoms with Crippen LogP contribution in [0.15, 0.2) is 4.42 Å². The molecule has 0 aromatic carbocycles. The maximum atomic E-state index is 10.7. The Kier molecular flexibility index (Phi) is 4.42. The van der Waals surface area contributed by atoms with Crippen molar-refractivity contribution in [1.82, 2.24) is 15.1 Å². The predicted octanol–water partition coefficient (Wildman–Crippen LogP) is 1.06. The second-order valence-corrected chi connectivity index (χ2v) is 3.77. The smallest absolute Gasteiger partial charge is 0.317 e. The zero-order chi connectivity index (χ0) is 12.1. The molecule has 6 heteroatoms. The number of hydrogen-bond donors (Lipinski definition) is 1. The van der Waals surface area contributed by atoms with E-state index in [0.29, 0.717) is 18.3 Å². The van der Waals surface area contributed by atoms with E-state index in [9.17, 15) is 4.79 Å². The fraction of sp³-hybridized carbons (Fsp3) is 0.700. The number of carboxylic acid groups (broad SMARTS) is 1. The van der Waals surface area contributed by atoms with Gasteiger partial charge in [-0.05, 0) is 13.3 Å². The van der Waals surface area contributed by atoms with Crippen molar-refractivity contribution in [1.29, 1.82) is 0 Å². The third-order valence-electron chi connectivity index (χ3n) is 2.46. The number of aromatic nitrogens is 2. The van der Waals surface area contributed by atoms with Crippen molar-refractivity contribution in [2.45, 2.75) is 39.8 Å². The average Bonchev–Trinajstić information content (AvgIpc) is 2.61. The van der Waals surface area contributed by atoms with Gasteiger partial charge >= 0.3 is 5.97 Å². The van der Waals surface area contributed by atoms with Crippen molar-refractivity contribution in [2.75, 3.05) is 6.54 Å². The number of carbonyl (C=O) groups is 1. The highest BCUT2D eigenvalue weighted by molar-refractivity contribution is 5.69. The van der Waals surface area contributed by atoms with Crippen molar-refractivity contribution in [3.63, 3.8) is 0 Å². The first-order valence-corrected chi connectivity index (χ1v) is 5.27. The molecular formula is C10H17N3O3. The summed E-state index contributed by atoms with van der Waals surface area (Å²) in [5.41, 5.74) is 0. The van der Waals surface area contributed by atoms with Gasteiger partial charge in [-0.1, -0.05) is 6.92 Å². The predicted molar refractivity (Wildman–Crippen MR) is 56.8 cm³/mol. The lowest BCUT2D eigenvalue weighted by Gasteiger charge is -2.24. The molecule has 1 atom stereocenters. The molecule has 1 unspecified atom stereocenters. The Morgan fingerprint density at radius 1 is 1.56 bits per heavy atom. The van der Waals surface area contributed by atoms with E-state index in [0.717, 1.165) is 6.42 Å². The van der Waals surface area contributed by atoms with Crippen LogP contribution in [0, 0.1) is 6.92 Å². The molecule has 1 heterocycles. The zero-order valence-electron chi connectivity index (χ0n) is 9.80. The van der Waals surface area contributed by atoms with E-state index in [2.05, 4.69) is 10.2 Å². The molecule has 0 spiro atoms. The molecule has 0 saturated heterocycles. The molecule has 1 rings (SSSR count). The normalized spacial score (nSPS) is 13.0. The van der Waals surface area contributed by atoms with Crippen LogP contribution in [-0.4, -0.2) is 38.8 Å². The van der Waals surface area contributed by atoms with Gasteiger partial charge in [0.15, 0.2) is 0 Å². The molecule has 90 valence electrons. The minimum absolute atomic E-state index is 0.0174. The Morgan fingerprint density at radius 2 is 2.25 bits per heavy atom. The monoisotopic (exact) mass is 227 g/mol. The third kappa shape index (κ3) is 3.62. The molecule has 0 bridgehead atoms. The van der Waals surface area contributed by atoms with Crippen LogP contribution in [0.1, 0.15) is 32.0 Å². The SMILES string of the molecule is CCC(C)N(CC(=O)O)Cc1nnc(C)o1. The van der Waals surface area contributed by atoms with Gasteiger partial charge in [-0.15, -0.1) is 10.2 Å². The molecule has 6 nitrogen and oxygen atoms in total. The van der Waals surface area contributed by atoms with Crippen LogP contribution in [0.5, 0.6) is 0 Å². The van der Waals surface area contributed by atoms with Crippen molar-refractivity contribution in [3.8, 4) is 0 Å². The van der Waals surface area contributed by atoms with E-state index in [4.69, 9.17) is 9.52 Å². The number of hydrogen-bond acceptors (Lipinski definition) is 5. The molecule has 0 fully saturated rings. The van der Waals surface area contributed by atoms with E-state index in [1.54, 1.807) is 11.8 Å². The van der Waals surface area contributed by atoms with Crippen LogP contribution in [0.25, 0.3) is 0 Å². The first-order chi connectivity index (χ1) is 7.52. The fourth-order valence-corrected chi connectivity index (χ4v) is 1.37. The standard InChI is InChI=1S/C10H17N3O3/c1-4-7(2)13(6-10(14)15)5-9-12-11-8(3)16-9/h7H,4-6H2,1-3H3,(H,14,15). The summed E-state index contributed by atoms with van der Waals surface area (Å²) in [5, 5.41) is 16.4. The highest BCUT2D eigenvalue weighted by atomic mass is 16.4. The van der Waals surface area contributed by atoms with Gasteiger partial charge in [-0.25, -0.2) is 0 Å². The summed E-state index contributed by atoms with van der Waals surface area (Å²) in [4.78, 5) is 12.5.